The van der Waals surface area contributed by atoms with Crippen molar-refractivity contribution in [2.24, 2.45) is 0 Å². The number of aromatic nitrogens is 4. The van der Waals surface area contributed by atoms with Crippen LogP contribution in [0.4, 0.5) is 5.95 Å². The van der Waals surface area contributed by atoms with E-state index < -0.39 is 5.97 Å². The van der Waals surface area contributed by atoms with Gasteiger partial charge in [0, 0.05) is 5.56 Å². The first-order valence-corrected chi connectivity index (χ1v) is 7.73. The van der Waals surface area contributed by atoms with Crippen LogP contribution in [0.15, 0.2) is 28.7 Å². The van der Waals surface area contributed by atoms with Gasteiger partial charge in [-0.05, 0) is 35.0 Å². The zero-order valence-corrected chi connectivity index (χ0v) is 14.1. The number of carbonyl (C=O) groups excluding carboxylic acids is 1. The number of esters is 1. The predicted molar refractivity (Wildman–Crippen MR) is 89.0 cm³/mol. The SMILES string of the molecule is CCOC(=O)c1nc2c(Br)c(-c3cccc(C#N)c3)nc(N)n2n1. The lowest BCUT2D eigenvalue weighted by Gasteiger charge is -2.07. The summed E-state index contributed by atoms with van der Waals surface area (Å²) in [6.45, 7) is 1.91. The normalized spacial score (nSPS) is 10.5. The van der Waals surface area contributed by atoms with Gasteiger partial charge in [0.05, 0.1) is 28.4 Å². The van der Waals surface area contributed by atoms with Crippen LogP contribution in [0, 0.1) is 11.3 Å². The molecule has 1 aromatic carbocycles. The van der Waals surface area contributed by atoms with Gasteiger partial charge in [-0.2, -0.15) is 14.8 Å². The Labute approximate surface area is 145 Å². The molecule has 0 aliphatic carbocycles. The zero-order chi connectivity index (χ0) is 17.3. The molecule has 3 rings (SSSR count). The van der Waals surface area contributed by atoms with Crippen molar-refractivity contribution in [1.82, 2.24) is 19.6 Å². The number of nitrogen functional groups attached to an aromatic ring is 1. The molecule has 0 amide bonds. The Morgan fingerprint density at radius 2 is 2.25 bits per heavy atom. The molecule has 9 heteroatoms. The number of rotatable bonds is 3. The maximum atomic E-state index is 11.8. The number of ether oxygens (including phenoxy) is 1. The summed E-state index contributed by atoms with van der Waals surface area (Å²) in [6, 6.07) is 8.99. The lowest BCUT2D eigenvalue weighted by atomic mass is 10.1. The van der Waals surface area contributed by atoms with E-state index in [4.69, 9.17) is 15.7 Å². The molecule has 2 heterocycles. The van der Waals surface area contributed by atoms with Crippen molar-refractivity contribution in [2.75, 3.05) is 12.3 Å². The van der Waals surface area contributed by atoms with Crippen LogP contribution in [0.25, 0.3) is 16.9 Å². The average Bonchev–Trinajstić information content (AvgIpc) is 3.05. The van der Waals surface area contributed by atoms with Crippen LogP contribution >= 0.6 is 15.9 Å². The summed E-state index contributed by atoms with van der Waals surface area (Å²) < 4.78 is 6.66. The molecule has 0 saturated heterocycles. The zero-order valence-electron chi connectivity index (χ0n) is 12.5. The van der Waals surface area contributed by atoms with Gasteiger partial charge in [0.25, 0.3) is 5.82 Å². The van der Waals surface area contributed by atoms with Crippen molar-refractivity contribution in [3.63, 3.8) is 0 Å². The summed E-state index contributed by atoms with van der Waals surface area (Å²) in [5.74, 6) is -0.678. The fourth-order valence-corrected chi connectivity index (χ4v) is 2.71. The number of carbonyl (C=O) groups is 1. The van der Waals surface area contributed by atoms with E-state index in [1.807, 2.05) is 0 Å². The van der Waals surface area contributed by atoms with Gasteiger partial charge < -0.3 is 10.5 Å². The van der Waals surface area contributed by atoms with Gasteiger partial charge >= 0.3 is 5.97 Å². The van der Waals surface area contributed by atoms with Gasteiger partial charge in [-0.1, -0.05) is 12.1 Å². The number of nitriles is 1. The van der Waals surface area contributed by atoms with Crippen molar-refractivity contribution in [3.8, 4) is 17.3 Å². The third-order valence-corrected chi connectivity index (χ3v) is 3.91. The molecule has 0 bridgehead atoms. The monoisotopic (exact) mass is 386 g/mol. The number of anilines is 1. The molecule has 0 radical (unpaired) electrons. The van der Waals surface area contributed by atoms with Crippen molar-refractivity contribution in [3.05, 3.63) is 40.1 Å². The van der Waals surface area contributed by atoms with Gasteiger partial charge in [0.1, 0.15) is 0 Å². The molecule has 2 N–H and O–H groups in total. The number of hydrogen-bond acceptors (Lipinski definition) is 7. The van der Waals surface area contributed by atoms with Crippen molar-refractivity contribution in [2.45, 2.75) is 6.92 Å². The summed E-state index contributed by atoms with van der Waals surface area (Å²) in [6.07, 6.45) is 0. The highest BCUT2D eigenvalue weighted by Gasteiger charge is 2.20. The number of hydrogen-bond donors (Lipinski definition) is 1. The average molecular weight is 387 g/mol. The minimum absolute atomic E-state index is 0.0635. The number of nitrogens with two attached hydrogens (primary N) is 1. The largest absolute Gasteiger partial charge is 0.460 e. The van der Waals surface area contributed by atoms with E-state index in [1.165, 1.54) is 4.52 Å². The maximum Gasteiger partial charge on any atom is 0.378 e. The molecule has 0 aliphatic rings. The highest BCUT2D eigenvalue weighted by molar-refractivity contribution is 9.10. The molecule has 0 aliphatic heterocycles. The fraction of sp³-hybridized carbons (Fsp3) is 0.133. The minimum atomic E-state index is -0.638. The van der Waals surface area contributed by atoms with Gasteiger partial charge in [-0.25, -0.2) is 9.78 Å². The van der Waals surface area contributed by atoms with E-state index in [9.17, 15) is 4.79 Å². The second-order valence-corrected chi connectivity index (χ2v) is 5.51. The van der Waals surface area contributed by atoms with Gasteiger partial charge in [0.15, 0.2) is 5.65 Å². The topological polar surface area (TPSA) is 119 Å². The second-order valence-electron chi connectivity index (χ2n) is 4.72. The summed E-state index contributed by atoms with van der Waals surface area (Å²) >= 11 is 3.42. The molecule has 0 atom stereocenters. The molecule has 8 nitrogen and oxygen atoms in total. The first kappa shape index (κ1) is 15.9. The molecule has 0 saturated carbocycles. The van der Waals surface area contributed by atoms with E-state index in [-0.39, 0.29) is 18.4 Å². The van der Waals surface area contributed by atoms with Crippen LogP contribution in [0.2, 0.25) is 0 Å². The lowest BCUT2D eigenvalue weighted by molar-refractivity contribution is 0.0512. The molecule has 120 valence electrons. The van der Waals surface area contributed by atoms with Crippen LogP contribution in [0.1, 0.15) is 23.1 Å². The Kier molecular flexibility index (Phi) is 4.14. The predicted octanol–water partition coefficient (Wildman–Crippen LogP) is 2.18. The van der Waals surface area contributed by atoms with Gasteiger partial charge in [-0.3, -0.25) is 0 Å². The third kappa shape index (κ3) is 2.68. The number of benzene rings is 1. The number of nitrogens with zero attached hydrogens (tertiary/aromatic N) is 5. The molecule has 0 unspecified atom stereocenters. The molecular formula is C15H11BrN6O2. The maximum absolute atomic E-state index is 11.8. The van der Waals surface area contributed by atoms with E-state index >= 15 is 0 Å². The van der Waals surface area contributed by atoms with Gasteiger partial charge in [-0.15, -0.1) is 5.10 Å². The molecule has 24 heavy (non-hydrogen) atoms. The van der Waals surface area contributed by atoms with Crippen molar-refractivity contribution < 1.29 is 9.53 Å². The Morgan fingerprint density at radius 3 is 2.96 bits per heavy atom. The third-order valence-electron chi connectivity index (χ3n) is 3.18. The van der Waals surface area contributed by atoms with E-state index in [2.05, 4.69) is 37.1 Å². The van der Waals surface area contributed by atoms with Crippen molar-refractivity contribution >= 4 is 33.5 Å². The molecule has 0 fully saturated rings. The van der Waals surface area contributed by atoms with Crippen LogP contribution in [-0.4, -0.2) is 32.2 Å². The van der Waals surface area contributed by atoms with E-state index in [0.29, 0.717) is 26.9 Å². The fourth-order valence-electron chi connectivity index (χ4n) is 2.14. The van der Waals surface area contributed by atoms with Crippen LogP contribution in [0.3, 0.4) is 0 Å². The van der Waals surface area contributed by atoms with Crippen LogP contribution < -0.4 is 5.73 Å². The van der Waals surface area contributed by atoms with E-state index in [1.54, 1.807) is 31.2 Å². The van der Waals surface area contributed by atoms with E-state index in [0.717, 1.165) is 0 Å². The number of halogens is 1. The first-order valence-electron chi connectivity index (χ1n) is 6.94. The standard InChI is InChI=1S/C15H11BrN6O2/c1-2-24-14(23)12-20-13-10(16)11(19-15(18)22(13)21-12)9-5-3-4-8(6-9)7-17/h3-6H,2H2,1H3,(H2,18,19). The molecule has 0 spiro atoms. The Hall–Kier alpha value is -2.99. The Bertz CT molecular complexity index is 992. The lowest BCUT2D eigenvalue weighted by Crippen LogP contribution is -2.08. The quantitative estimate of drug-likeness (QED) is 0.684. The summed E-state index contributed by atoms with van der Waals surface area (Å²) in [4.78, 5) is 20.3. The summed E-state index contributed by atoms with van der Waals surface area (Å²) in [5.41, 5.74) is 7.95. The first-order chi connectivity index (χ1) is 11.5. The van der Waals surface area contributed by atoms with Crippen LogP contribution in [-0.2, 0) is 4.74 Å². The highest BCUT2D eigenvalue weighted by atomic mass is 79.9. The molecular weight excluding hydrogens is 376 g/mol. The Morgan fingerprint density at radius 1 is 1.46 bits per heavy atom. The molecule has 2 aromatic heterocycles. The highest BCUT2D eigenvalue weighted by Crippen LogP contribution is 2.31. The number of fused-ring (bicyclic) bond motifs is 1. The second kappa shape index (κ2) is 6.25. The minimum Gasteiger partial charge on any atom is -0.460 e. The summed E-state index contributed by atoms with van der Waals surface area (Å²) in [5, 5.41) is 13.1. The van der Waals surface area contributed by atoms with Crippen molar-refractivity contribution in [1.29, 1.82) is 5.26 Å². The Balaban J connectivity index is 2.19. The summed E-state index contributed by atoms with van der Waals surface area (Å²) in [7, 11) is 0. The van der Waals surface area contributed by atoms with Gasteiger partial charge in [0.2, 0.25) is 5.95 Å². The smallest absolute Gasteiger partial charge is 0.378 e. The molecule has 3 aromatic rings. The van der Waals surface area contributed by atoms with Crippen LogP contribution in [0.5, 0.6) is 0 Å².